The maximum Gasteiger partial charge on any atom is 0.168 e. The smallest absolute Gasteiger partial charge is 0.168 e. The molecular weight excluding hydrogens is 90.1 g/mol. The molecule has 2 heteroatoms. The van der Waals surface area contributed by atoms with Gasteiger partial charge in [-0.3, -0.25) is 0 Å². The molecule has 1 aliphatic rings. The van der Waals surface area contributed by atoms with E-state index in [-0.39, 0.29) is 6.23 Å². The molecule has 0 fully saturated rings. The second-order valence-corrected chi connectivity index (χ2v) is 1.69. The molecule has 7 heavy (non-hydrogen) atoms. The van der Waals surface area contributed by atoms with E-state index in [1.54, 1.807) is 6.26 Å². The fourth-order valence-corrected chi connectivity index (χ4v) is 0.462. The first-order valence-corrected chi connectivity index (χ1v) is 2.35. The molecule has 0 aliphatic carbocycles. The monoisotopic (exact) mass is 99.1 g/mol. The Morgan fingerprint density at radius 1 is 1.71 bits per heavy atom. The number of hydrogen-bond donors (Lipinski definition) is 0. The van der Waals surface area contributed by atoms with Gasteiger partial charge in [0.2, 0.25) is 0 Å². The van der Waals surface area contributed by atoms with E-state index in [2.05, 4.69) is 0 Å². The minimum atomic E-state index is 0.236. The minimum absolute atomic E-state index is 0.236. The van der Waals surface area contributed by atoms with Crippen LogP contribution < -0.4 is 0 Å². The van der Waals surface area contributed by atoms with E-state index in [4.69, 9.17) is 4.74 Å². The van der Waals surface area contributed by atoms with Gasteiger partial charge in [-0.05, 0) is 6.92 Å². The van der Waals surface area contributed by atoms with Crippen molar-refractivity contribution in [1.82, 2.24) is 4.90 Å². The highest BCUT2D eigenvalue weighted by atomic mass is 16.5. The lowest BCUT2D eigenvalue weighted by Crippen LogP contribution is -2.19. The fraction of sp³-hybridized carbons (Fsp3) is 0.600. The lowest BCUT2D eigenvalue weighted by Gasteiger charge is -2.12. The summed E-state index contributed by atoms with van der Waals surface area (Å²) in [6.07, 6.45) is 3.84. The summed E-state index contributed by atoms with van der Waals surface area (Å²) in [5.41, 5.74) is 0. The Kier molecular flexibility index (Phi) is 0.929. The first kappa shape index (κ1) is 4.50. The lowest BCUT2D eigenvalue weighted by molar-refractivity contribution is 0.0909. The molecule has 0 bridgehead atoms. The summed E-state index contributed by atoms with van der Waals surface area (Å²) in [5.74, 6) is 0. The van der Waals surface area contributed by atoms with E-state index in [9.17, 15) is 0 Å². The van der Waals surface area contributed by atoms with Crippen molar-refractivity contribution in [2.24, 2.45) is 0 Å². The number of hydrogen-bond acceptors (Lipinski definition) is 2. The summed E-state index contributed by atoms with van der Waals surface area (Å²) >= 11 is 0. The van der Waals surface area contributed by atoms with E-state index in [0.29, 0.717) is 0 Å². The maximum absolute atomic E-state index is 5.01. The van der Waals surface area contributed by atoms with Crippen LogP contribution in [-0.4, -0.2) is 18.2 Å². The Morgan fingerprint density at radius 2 is 2.43 bits per heavy atom. The second kappa shape index (κ2) is 1.45. The predicted molar refractivity (Wildman–Crippen MR) is 27.4 cm³/mol. The van der Waals surface area contributed by atoms with E-state index in [0.717, 1.165) is 0 Å². The first-order chi connectivity index (χ1) is 3.30. The van der Waals surface area contributed by atoms with Gasteiger partial charge in [-0.1, -0.05) is 0 Å². The van der Waals surface area contributed by atoms with Crippen LogP contribution in [0, 0.1) is 0 Å². The summed E-state index contributed by atoms with van der Waals surface area (Å²) < 4.78 is 5.01. The van der Waals surface area contributed by atoms with Gasteiger partial charge in [0.05, 0.1) is 0 Å². The minimum Gasteiger partial charge on any atom is -0.477 e. The van der Waals surface area contributed by atoms with Crippen molar-refractivity contribution in [1.29, 1.82) is 0 Å². The largest absolute Gasteiger partial charge is 0.477 e. The van der Waals surface area contributed by atoms with E-state index in [1.165, 1.54) is 0 Å². The SMILES string of the molecule is CC1OC=CN1C. The maximum atomic E-state index is 5.01. The van der Waals surface area contributed by atoms with Crippen molar-refractivity contribution >= 4 is 0 Å². The van der Waals surface area contributed by atoms with E-state index >= 15 is 0 Å². The standard InChI is InChI=1S/C5H9NO/c1-5-6(2)3-4-7-5/h3-5H,1-2H3. The number of nitrogens with zero attached hydrogens (tertiary/aromatic N) is 1. The van der Waals surface area contributed by atoms with Gasteiger partial charge in [0.25, 0.3) is 0 Å². The molecule has 0 saturated heterocycles. The van der Waals surface area contributed by atoms with Gasteiger partial charge in [-0.2, -0.15) is 0 Å². The molecule has 0 radical (unpaired) electrons. The summed E-state index contributed by atoms with van der Waals surface area (Å²) in [7, 11) is 1.98. The molecule has 0 aromatic carbocycles. The van der Waals surface area contributed by atoms with Crippen LogP contribution in [0.5, 0.6) is 0 Å². The molecule has 1 heterocycles. The van der Waals surface area contributed by atoms with Crippen molar-refractivity contribution in [3.05, 3.63) is 12.5 Å². The Balaban J connectivity index is 2.45. The van der Waals surface area contributed by atoms with Crippen molar-refractivity contribution in [2.45, 2.75) is 13.2 Å². The summed E-state index contributed by atoms with van der Waals surface area (Å²) in [5, 5.41) is 0. The molecule has 40 valence electrons. The molecule has 0 spiro atoms. The third kappa shape index (κ3) is 0.683. The third-order valence-electron chi connectivity index (χ3n) is 1.15. The number of rotatable bonds is 0. The Bertz CT molecular complexity index is 90.1. The zero-order valence-corrected chi connectivity index (χ0v) is 4.59. The van der Waals surface area contributed by atoms with E-state index < -0.39 is 0 Å². The summed E-state index contributed by atoms with van der Waals surface area (Å²) in [6, 6.07) is 0. The van der Waals surface area contributed by atoms with E-state index in [1.807, 2.05) is 25.1 Å². The third-order valence-corrected chi connectivity index (χ3v) is 1.15. The molecule has 0 N–H and O–H groups in total. The average molecular weight is 99.1 g/mol. The highest BCUT2D eigenvalue weighted by molar-refractivity contribution is 4.80. The quantitative estimate of drug-likeness (QED) is 0.444. The van der Waals surface area contributed by atoms with Crippen LogP contribution in [0.3, 0.4) is 0 Å². The predicted octanol–water partition coefficient (Wildman–Crippen LogP) is 0.766. The van der Waals surface area contributed by atoms with Crippen LogP contribution in [0.15, 0.2) is 12.5 Å². The second-order valence-electron chi connectivity index (χ2n) is 1.69. The first-order valence-electron chi connectivity index (χ1n) is 2.35. The van der Waals surface area contributed by atoms with Crippen LogP contribution in [0.4, 0.5) is 0 Å². The molecule has 2 nitrogen and oxygen atoms in total. The summed E-state index contributed by atoms with van der Waals surface area (Å²) in [4.78, 5) is 2.00. The van der Waals surface area contributed by atoms with Gasteiger partial charge in [-0.25, -0.2) is 0 Å². The molecule has 1 unspecified atom stereocenters. The zero-order chi connectivity index (χ0) is 5.28. The Morgan fingerprint density at radius 3 is 2.57 bits per heavy atom. The highest BCUT2D eigenvalue weighted by Crippen LogP contribution is 2.05. The van der Waals surface area contributed by atoms with Gasteiger partial charge >= 0.3 is 0 Å². The highest BCUT2D eigenvalue weighted by Gasteiger charge is 2.07. The van der Waals surface area contributed by atoms with Crippen LogP contribution in [0.25, 0.3) is 0 Å². The van der Waals surface area contributed by atoms with Gasteiger partial charge in [0, 0.05) is 13.2 Å². The van der Waals surface area contributed by atoms with Gasteiger partial charge in [0.1, 0.15) is 6.26 Å². The molecular formula is C5H9NO. The lowest BCUT2D eigenvalue weighted by atomic mass is 10.6. The molecule has 0 amide bonds. The Labute approximate surface area is 43.4 Å². The van der Waals surface area contributed by atoms with Crippen LogP contribution in [-0.2, 0) is 4.74 Å². The molecule has 0 saturated carbocycles. The topological polar surface area (TPSA) is 12.5 Å². The van der Waals surface area contributed by atoms with Crippen molar-refractivity contribution < 1.29 is 4.74 Å². The van der Waals surface area contributed by atoms with Crippen molar-refractivity contribution in [3.8, 4) is 0 Å². The molecule has 1 aliphatic heterocycles. The van der Waals surface area contributed by atoms with Gasteiger partial charge in [-0.15, -0.1) is 0 Å². The van der Waals surface area contributed by atoms with Crippen molar-refractivity contribution in [2.75, 3.05) is 7.05 Å². The van der Waals surface area contributed by atoms with Gasteiger partial charge < -0.3 is 9.64 Å². The molecule has 0 aromatic rings. The Hall–Kier alpha value is -0.660. The normalized spacial score (nSPS) is 28.3. The average Bonchev–Trinajstić information content (AvgIpc) is 1.91. The molecule has 1 atom stereocenters. The molecule has 1 rings (SSSR count). The van der Waals surface area contributed by atoms with Crippen LogP contribution in [0.2, 0.25) is 0 Å². The fourth-order valence-electron chi connectivity index (χ4n) is 0.462. The number of ether oxygens (including phenoxy) is 1. The van der Waals surface area contributed by atoms with Crippen LogP contribution >= 0.6 is 0 Å². The zero-order valence-electron chi connectivity index (χ0n) is 4.59. The van der Waals surface area contributed by atoms with Crippen LogP contribution in [0.1, 0.15) is 6.92 Å². The molecule has 0 aromatic heterocycles. The van der Waals surface area contributed by atoms with Crippen molar-refractivity contribution in [3.63, 3.8) is 0 Å². The summed E-state index contributed by atoms with van der Waals surface area (Å²) in [6.45, 7) is 2.00. The van der Waals surface area contributed by atoms with Gasteiger partial charge in [0.15, 0.2) is 6.23 Å².